The first-order valence-corrected chi connectivity index (χ1v) is 4.14. The van der Waals surface area contributed by atoms with Crippen LogP contribution in [-0.2, 0) is 11.2 Å². The maximum absolute atomic E-state index is 10.8. The van der Waals surface area contributed by atoms with Crippen molar-refractivity contribution in [3.05, 3.63) is 15.5 Å². The Balaban J connectivity index is 2.57. The second-order valence-electron chi connectivity index (χ2n) is 2.20. The number of hydrogen-bond acceptors (Lipinski definition) is 2. The van der Waals surface area contributed by atoms with Crippen LogP contribution < -0.4 is 0 Å². The summed E-state index contributed by atoms with van der Waals surface area (Å²) < 4.78 is 2.64. The zero-order chi connectivity index (χ0) is 7.84. The van der Waals surface area contributed by atoms with Crippen LogP contribution in [0.3, 0.4) is 0 Å². The first kappa shape index (κ1) is 6.96. The number of fused-ring (bicyclic) bond motifs is 1. The number of amides is 1. The van der Waals surface area contributed by atoms with E-state index in [2.05, 4.69) is 32.7 Å². The molecule has 0 spiro atoms. The number of rotatable bonds is 0. The standard InChI is InChI=1S/C6H4IN3O/c7-4-2-9-10-3-8-6(11)1-5(4)10/h2-3H,1H2. The van der Waals surface area contributed by atoms with Crippen molar-refractivity contribution < 1.29 is 4.79 Å². The SMILES string of the molecule is O=C1Cc2c(I)cnn2C=N1. The van der Waals surface area contributed by atoms with Gasteiger partial charge in [-0.2, -0.15) is 5.10 Å². The first-order chi connectivity index (χ1) is 5.27. The van der Waals surface area contributed by atoms with Crippen LogP contribution in [0.2, 0.25) is 0 Å². The smallest absolute Gasteiger partial charge is 0.253 e. The van der Waals surface area contributed by atoms with E-state index in [1.807, 2.05) is 0 Å². The molecule has 0 N–H and O–H groups in total. The minimum atomic E-state index is -0.101. The highest BCUT2D eigenvalue weighted by Crippen LogP contribution is 2.13. The average molecular weight is 261 g/mol. The summed E-state index contributed by atoms with van der Waals surface area (Å²) in [5.74, 6) is -0.101. The molecule has 0 radical (unpaired) electrons. The average Bonchev–Trinajstić information content (AvgIpc) is 2.33. The second-order valence-corrected chi connectivity index (χ2v) is 3.36. The summed E-state index contributed by atoms with van der Waals surface area (Å²) >= 11 is 2.15. The van der Waals surface area contributed by atoms with Crippen molar-refractivity contribution in [2.75, 3.05) is 0 Å². The van der Waals surface area contributed by atoms with Crippen molar-refractivity contribution in [2.24, 2.45) is 4.99 Å². The molecule has 0 bridgehead atoms. The van der Waals surface area contributed by atoms with Crippen molar-refractivity contribution in [3.8, 4) is 0 Å². The molecule has 0 atom stereocenters. The molecule has 0 aromatic carbocycles. The van der Waals surface area contributed by atoms with Gasteiger partial charge in [-0.3, -0.25) is 4.79 Å². The fourth-order valence-electron chi connectivity index (χ4n) is 0.939. The zero-order valence-corrected chi connectivity index (χ0v) is 7.65. The lowest BCUT2D eigenvalue weighted by atomic mass is 10.3. The van der Waals surface area contributed by atoms with Gasteiger partial charge in [0.05, 0.1) is 21.9 Å². The quantitative estimate of drug-likeness (QED) is 0.636. The monoisotopic (exact) mass is 261 g/mol. The van der Waals surface area contributed by atoms with E-state index in [1.165, 1.54) is 6.34 Å². The molecular weight excluding hydrogens is 257 g/mol. The van der Waals surface area contributed by atoms with E-state index in [1.54, 1.807) is 10.9 Å². The Bertz CT molecular complexity index is 342. The van der Waals surface area contributed by atoms with Crippen LogP contribution in [0.5, 0.6) is 0 Å². The number of carbonyl (C=O) groups excluding carboxylic acids is 1. The molecule has 11 heavy (non-hydrogen) atoms. The normalized spacial score (nSPS) is 15.2. The van der Waals surface area contributed by atoms with E-state index in [0.717, 1.165) is 9.26 Å². The van der Waals surface area contributed by atoms with Gasteiger partial charge in [-0.1, -0.05) is 0 Å². The topological polar surface area (TPSA) is 47.2 Å². The number of nitrogens with zero attached hydrogens (tertiary/aromatic N) is 3. The minimum Gasteiger partial charge on any atom is -0.272 e. The first-order valence-electron chi connectivity index (χ1n) is 3.06. The molecule has 4 nitrogen and oxygen atoms in total. The van der Waals surface area contributed by atoms with Gasteiger partial charge in [0.2, 0.25) is 0 Å². The molecule has 1 amide bonds. The van der Waals surface area contributed by atoms with Gasteiger partial charge in [0.25, 0.3) is 5.91 Å². The predicted octanol–water partition coefficient (Wildman–Crippen LogP) is 0.447. The summed E-state index contributed by atoms with van der Waals surface area (Å²) in [4.78, 5) is 14.5. The molecular formula is C6H4IN3O. The lowest BCUT2D eigenvalue weighted by molar-refractivity contribution is -0.117. The largest absolute Gasteiger partial charge is 0.272 e. The lowest BCUT2D eigenvalue weighted by Gasteiger charge is -2.04. The predicted molar refractivity (Wildman–Crippen MR) is 47.5 cm³/mol. The lowest BCUT2D eigenvalue weighted by Crippen LogP contribution is -2.15. The third kappa shape index (κ3) is 1.09. The Morgan fingerprint density at radius 1 is 1.64 bits per heavy atom. The number of carbonyl (C=O) groups is 1. The van der Waals surface area contributed by atoms with Gasteiger partial charge in [-0.25, -0.2) is 9.67 Å². The maximum atomic E-state index is 10.8. The van der Waals surface area contributed by atoms with E-state index >= 15 is 0 Å². The molecule has 2 rings (SSSR count). The summed E-state index contributed by atoms with van der Waals surface area (Å²) in [5.41, 5.74) is 0.936. The summed E-state index contributed by atoms with van der Waals surface area (Å²) in [5, 5.41) is 4.00. The van der Waals surface area contributed by atoms with Gasteiger partial charge in [0, 0.05) is 0 Å². The molecule has 1 aromatic heterocycles. The number of halogens is 1. The molecule has 0 aliphatic carbocycles. The van der Waals surface area contributed by atoms with Gasteiger partial charge in [0.1, 0.15) is 6.34 Å². The maximum Gasteiger partial charge on any atom is 0.253 e. The Morgan fingerprint density at radius 3 is 3.27 bits per heavy atom. The fraction of sp³-hybridized carbons (Fsp3) is 0.167. The Hall–Kier alpha value is -0.720. The molecule has 1 aromatic rings. The van der Waals surface area contributed by atoms with Crippen molar-refractivity contribution in [1.82, 2.24) is 9.78 Å². The highest BCUT2D eigenvalue weighted by Gasteiger charge is 2.14. The summed E-state index contributed by atoms with van der Waals surface area (Å²) in [7, 11) is 0. The summed E-state index contributed by atoms with van der Waals surface area (Å²) in [6.07, 6.45) is 3.54. The zero-order valence-electron chi connectivity index (χ0n) is 5.49. The third-order valence-corrected chi connectivity index (χ3v) is 2.38. The highest BCUT2D eigenvalue weighted by atomic mass is 127. The van der Waals surface area contributed by atoms with Crippen LogP contribution in [0.15, 0.2) is 11.2 Å². The van der Waals surface area contributed by atoms with Gasteiger partial charge in [-0.15, -0.1) is 0 Å². The molecule has 5 heteroatoms. The van der Waals surface area contributed by atoms with Crippen LogP contribution in [0, 0.1) is 3.57 Å². The fourth-order valence-corrected chi connectivity index (χ4v) is 1.50. The van der Waals surface area contributed by atoms with E-state index in [-0.39, 0.29) is 5.91 Å². The number of aliphatic imine (C=N–C) groups is 1. The van der Waals surface area contributed by atoms with Crippen LogP contribution >= 0.6 is 22.6 Å². The van der Waals surface area contributed by atoms with Gasteiger partial charge >= 0.3 is 0 Å². The molecule has 2 heterocycles. The number of aromatic nitrogens is 2. The number of hydrogen-bond donors (Lipinski definition) is 0. The Kier molecular flexibility index (Phi) is 1.52. The van der Waals surface area contributed by atoms with Crippen molar-refractivity contribution >= 4 is 34.8 Å². The molecule has 0 unspecified atom stereocenters. The molecule has 1 aliphatic heterocycles. The van der Waals surface area contributed by atoms with Crippen molar-refractivity contribution in [2.45, 2.75) is 6.42 Å². The van der Waals surface area contributed by atoms with Crippen LogP contribution in [0.25, 0.3) is 0 Å². The van der Waals surface area contributed by atoms with Gasteiger partial charge in [-0.05, 0) is 22.6 Å². The molecule has 0 saturated heterocycles. The highest BCUT2D eigenvalue weighted by molar-refractivity contribution is 14.1. The van der Waals surface area contributed by atoms with Crippen LogP contribution in [0.1, 0.15) is 5.69 Å². The van der Waals surface area contributed by atoms with E-state index in [4.69, 9.17) is 0 Å². The molecule has 56 valence electrons. The van der Waals surface area contributed by atoms with Gasteiger partial charge < -0.3 is 0 Å². The van der Waals surface area contributed by atoms with Crippen molar-refractivity contribution in [1.29, 1.82) is 0 Å². The summed E-state index contributed by atoms with van der Waals surface area (Å²) in [6.45, 7) is 0. The Labute approximate surface area is 76.4 Å². The molecule has 1 aliphatic rings. The van der Waals surface area contributed by atoms with Crippen molar-refractivity contribution in [3.63, 3.8) is 0 Å². The van der Waals surface area contributed by atoms with E-state index in [9.17, 15) is 4.79 Å². The summed E-state index contributed by atoms with van der Waals surface area (Å²) in [6, 6.07) is 0. The van der Waals surface area contributed by atoms with E-state index < -0.39 is 0 Å². The minimum absolute atomic E-state index is 0.101. The third-order valence-electron chi connectivity index (χ3n) is 1.48. The van der Waals surface area contributed by atoms with E-state index in [0.29, 0.717) is 6.42 Å². The second kappa shape index (κ2) is 2.40. The molecule has 0 saturated carbocycles. The Morgan fingerprint density at radius 2 is 2.45 bits per heavy atom. The van der Waals surface area contributed by atoms with Crippen LogP contribution in [-0.4, -0.2) is 22.0 Å². The molecule has 0 fully saturated rings. The van der Waals surface area contributed by atoms with Crippen LogP contribution in [0.4, 0.5) is 0 Å². The van der Waals surface area contributed by atoms with Gasteiger partial charge in [0.15, 0.2) is 0 Å².